The van der Waals surface area contributed by atoms with Crippen molar-refractivity contribution in [2.45, 2.75) is 76.4 Å². The van der Waals surface area contributed by atoms with E-state index in [1.54, 1.807) is 31.2 Å². The van der Waals surface area contributed by atoms with Gasteiger partial charge in [0.2, 0.25) is 11.8 Å². The average molecular weight is 631 g/mol. The molecule has 0 bridgehead atoms. The lowest BCUT2D eigenvalue weighted by molar-refractivity contribution is -0.139. The van der Waals surface area contributed by atoms with Gasteiger partial charge in [-0.1, -0.05) is 90.5 Å². The summed E-state index contributed by atoms with van der Waals surface area (Å²) in [6.07, 6.45) is 5.06. The van der Waals surface area contributed by atoms with E-state index in [4.69, 9.17) is 23.2 Å². The lowest BCUT2D eigenvalue weighted by Crippen LogP contribution is -2.53. The summed E-state index contributed by atoms with van der Waals surface area (Å²) in [4.78, 5) is 29.1. The van der Waals surface area contributed by atoms with Crippen LogP contribution in [0.1, 0.15) is 55.7 Å². The number of sulfonamides is 1. The summed E-state index contributed by atoms with van der Waals surface area (Å²) in [5.41, 5.74) is 2.78. The van der Waals surface area contributed by atoms with E-state index in [-0.39, 0.29) is 39.1 Å². The number of anilines is 1. The van der Waals surface area contributed by atoms with Gasteiger partial charge in [0.15, 0.2) is 0 Å². The van der Waals surface area contributed by atoms with Gasteiger partial charge in [0.05, 0.1) is 20.6 Å². The Bertz CT molecular complexity index is 1520. The monoisotopic (exact) mass is 629 g/mol. The first-order valence-corrected chi connectivity index (χ1v) is 16.4. The molecule has 0 unspecified atom stereocenters. The molecular weight excluding hydrogens is 593 g/mol. The molecule has 0 saturated heterocycles. The van der Waals surface area contributed by atoms with E-state index in [0.717, 1.165) is 53.1 Å². The molecule has 0 aliphatic heterocycles. The van der Waals surface area contributed by atoms with Crippen molar-refractivity contribution in [2.24, 2.45) is 0 Å². The number of aryl methyl sites for hydroxylation is 2. The third kappa shape index (κ3) is 7.46. The van der Waals surface area contributed by atoms with Gasteiger partial charge in [0.25, 0.3) is 10.0 Å². The first kappa shape index (κ1) is 31.9. The van der Waals surface area contributed by atoms with E-state index >= 15 is 0 Å². The number of carbonyl (C=O) groups excluding carboxylic acids is 2. The molecule has 4 rings (SSSR count). The smallest absolute Gasteiger partial charge is 0.264 e. The molecule has 1 saturated carbocycles. The molecule has 0 aromatic heterocycles. The number of halogens is 2. The topological polar surface area (TPSA) is 86.8 Å². The minimum Gasteiger partial charge on any atom is -0.352 e. The van der Waals surface area contributed by atoms with E-state index in [2.05, 4.69) is 5.32 Å². The molecule has 1 atom stereocenters. The van der Waals surface area contributed by atoms with Crippen LogP contribution in [0.3, 0.4) is 0 Å². The highest BCUT2D eigenvalue weighted by molar-refractivity contribution is 7.92. The van der Waals surface area contributed by atoms with Gasteiger partial charge in [0.1, 0.15) is 12.6 Å². The fraction of sp³-hybridized carbons (Fsp3) is 0.375. The second-order valence-corrected chi connectivity index (χ2v) is 13.5. The number of carbonyl (C=O) groups is 2. The van der Waals surface area contributed by atoms with Crippen molar-refractivity contribution in [3.63, 3.8) is 0 Å². The highest BCUT2D eigenvalue weighted by atomic mass is 35.5. The zero-order valence-corrected chi connectivity index (χ0v) is 26.5. The number of rotatable bonds is 10. The molecule has 0 heterocycles. The van der Waals surface area contributed by atoms with E-state index in [0.29, 0.717) is 0 Å². The summed E-state index contributed by atoms with van der Waals surface area (Å²) in [6, 6.07) is 17.8. The van der Waals surface area contributed by atoms with Crippen LogP contribution in [0.2, 0.25) is 10.0 Å². The van der Waals surface area contributed by atoms with Crippen LogP contribution in [0, 0.1) is 13.8 Å². The van der Waals surface area contributed by atoms with Gasteiger partial charge in [-0.05, 0) is 69.0 Å². The first-order valence-electron chi connectivity index (χ1n) is 14.2. The average Bonchev–Trinajstić information content (AvgIpc) is 2.97. The minimum atomic E-state index is -4.25. The zero-order valence-electron chi connectivity index (χ0n) is 24.1. The summed E-state index contributed by atoms with van der Waals surface area (Å²) < 4.78 is 29.0. The van der Waals surface area contributed by atoms with E-state index in [1.165, 1.54) is 23.1 Å². The lowest BCUT2D eigenvalue weighted by Gasteiger charge is -2.33. The van der Waals surface area contributed by atoms with Crippen molar-refractivity contribution in [3.05, 3.63) is 93.5 Å². The van der Waals surface area contributed by atoms with Crippen molar-refractivity contribution in [2.75, 3.05) is 10.8 Å². The fourth-order valence-corrected chi connectivity index (χ4v) is 7.03. The highest BCUT2D eigenvalue weighted by Gasteiger charge is 2.34. The second kappa shape index (κ2) is 13.9. The fourth-order valence-electron chi connectivity index (χ4n) is 5.16. The minimum absolute atomic E-state index is 0.00508. The van der Waals surface area contributed by atoms with Gasteiger partial charge in [-0.2, -0.15) is 0 Å². The summed E-state index contributed by atoms with van der Waals surface area (Å²) in [7, 11) is -4.25. The summed E-state index contributed by atoms with van der Waals surface area (Å²) in [5.74, 6) is -0.811. The number of nitrogens with one attached hydrogen (secondary N) is 1. The third-order valence-electron chi connectivity index (χ3n) is 7.81. The maximum atomic E-state index is 14.2. The molecule has 3 aromatic carbocycles. The van der Waals surface area contributed by atoms with Crippen molar-refractivity contribution >= 4 is 50.7 Å². The van der Waals surface area contributed by atoms with Crippen LogP contribution in [0.4, 0.5) is 5.69 Å². The number of amides is 2. The van der Waals surface area contributed by atoms with Gasteiger partial charge in [0, 0.05) is 12.6 Å². The van der Waals surface area contributed by atoms with E-state index in [1.807, 2.05) is 38.1 Å². The second-order valence-electron chi connectivity index (χ2n) is 10.9. The van der Waals surface area contributed by atoms with Crippen molar-refractivity contribution in [1.82, 2.24) is 10.2 Å². The maximum absolute atomic E-state index is 14.2. The SMILES string of the molecule is Cc1ccc(S(=O)(=O)N(CC(=O)N(Cc2ccccc2C)[C@@H](C)C(=O)NC2CCCCC2)c2cccc(Cl)c2Cl)cc1. The summed E-state index contributed by atoms with van der Waals surface area (Å²) in [6.45, 7) is 5.02. The van der Waals surface area contributed by atoms with Crippen LogP contribution in [0.25, 0.3) is 0 Å². The Kier molecular flexibility index (Phi) is 10.6. The molecule has 2 amide bonds. The Morgan fingerprint density at radius 1 is 0.929 bits per heavy atom. The summed E-state index contributed by atoms with van der Waals surface area (Å²) >= 11 is 12.8. The molecule has 1 aliphatic rings. The molecule has 10 heteroatoms. The molecule has 1 fully saturated rings. The molecule has 0 radical (unpaired) electrons. The first-order chi connectivity index (χ1) is 20.0. The number of benzene rings is 3. The maximum Gasteiger partial charge on any atom is 0.264 e. The van der Waals surface area contributed by atoms with Crippen LogP contribution in [0.15, 0.2) is 71.6 Å². The summed E-state index contributed by atoms with van der Waals surface area (Å²) in [5, 5.41) is 3.28. The number of nitrogens with zero attached hydrogens (tertiary/aromatic N) is 2. The molecule has 224 valence electrons. The van der Waals surface area contributed by atoms with E-state index in [9.17, 15) is 18.0 Å². The van der Waals surface area contributed by atoms with Crippen LogP contribution >= 0.6 is 23.2 Å². The van der Waals surface area contributed by atoms with Crippen molar-refractivity contribution in [3.8, 4) is 0 Å². The standard InChI is InChI=1S/C32H37Cl2N3O4S/c1-22-16-18-27(19-17-22)42(40,41)37(29-15-9-14-28(33)31(29)34)21-30(38)36(20-25-11-8-7-10-23(25)2)24(3)32(39)35-26-12-5-4-6-13-26/h7-11,14-19,24,26H,4-6,12-13,20-21H2,1-3H3,(H,35,39)/t24-/m0/s1. The Morgan fingerprint density at radius 2 is 1.60 bits per heavy atom. The van der Waals surface area contributed by atoms with Gasteiger partial charge in [-0.3, -0.25) is 13.9 Å². The molecule has 42 heavy (non-hydrogen) atoms. The molecule has 1 aliphatic carbocycles. The van der Waals surface area contributed by atoms with Gasteiger partial charge in [-0.15, -0.1) is 0 Å². The van der Waals surface area contributed by atoms with Crippen molar-refractivity contribution in [1.29, 1.82) is 0 Å². The lowest BCUT2D eigenvalue weighted by atomic mass is 9.95. The van der Waals surface area contributed by atoms with Crippen molar-refractivity contribution < 1.29 is 18.0 Å². The zero-order chi connectivity index (χ0) is 30.4. The van der Waals surface area contributed by atoms with Crippen LogP contribution in [-0.4, -0.2) is 43.8 Å². The molecule has 3 aromatic rings. The van der Waals surface area contributed by atoms with Gasteiger partial charge in [-0.25, -0.2) is 8.42 Å². The van der Waals surface area contributed by atoms with Crippen LogP contribution in [0.5, 0.6) is 0 Å². The van der Waals surface area contributed by atoms with Gasteiger partial charge < -0.3 is 10.2 Å². The Hall–Kier alpha value is -3.07. The largest absolute Gasteiger partial charge is 0.352 e. The predicted molar refractivity (Wildman–Crippen MR) is 168 cm³/mol. The van der Waals surface area contributed by atoms with E-state index < -0.39 is 28.5 Å². The van der Waals surface area contributed by atoms with Crippen LogP contribution in [-0.2, 0) is 26.2 Å². The Morgan fingerprint density at radius 3 is 2.26 bits per heavy atom. The normalized spacial score (nSPS) is 14.7. The highest BCUT2D eigenvalue weighted by Crippen LogP contribution is 2.35. The van der Waals surface area contributed by atoms with Crippen LogP contribution < -0.4 is 9.62 Å². The molecule has 7 nitrogen and oxygen atoms in total. The predicted octanol–water partition coefficient (Wildman–Crippen LogP) is 6.67. The molecular formula is C32H37Cl2N3O4S. The molecule has 1 N–H and O–H groups in total. The molecule has 0 spiro atoms. The van der Waals surface area contributed by atoms with Gasteiger partial charge >= 0.3 is 0 Å². The Balaban J connectivity index is 1.72. The quantitative estimate of drug-likeness (QED) is 0.271. The number of hydrogen-bond acceptors (Lipinski definition) is 4. The number of hydrogen-bond donors (Lipinski definition) is 1. The third-order valence-corrected chi connectivity index (χ3v) is 10.4. The Labute approximate surface area is 258 Å².